The third-order valence-corrected chi connectivity index (χ3v) is 7.38. The number of rotatable bonds is 7. The first kappa shape index (κ1) is 26.0. The average molecular weight is 526 g/mol. The Morgan fingerprint density at radius 2 is 1.86 bits per heavy atom. The van der Waals surface area contributed by atoms with Crippen LogP contribution in [0.5, 0.6) is 0 Å². The second-order valence-electron chi connectivity index (χ2n) is 9.19. The van der Waals surface area contributed by atoms with E-state index in [0.717, 1.165) is 0 Å². The Bertz CT molecular complexity index is 1300. The summed E-state index contributed by atoms with van der Waals surface area (Å²) in [4.78, 5) is 15.9. The minimum atomic E-state index is -4.70. The molecule has 0 unspecified atom stereocenters. The van der Waals surface area contributed by atoms with Crippen LogP contribution in [-0.2, 0) is 22.7 Å². The van der Waals surface area contributed by atoms with E-state index in [0.29, 0.717) is 19.0 Å². The highest BCUT2D eigenvalue weighted by Gasteiger charge is 2.37. The number of pyridine rings is 1. The van der Waals surface area contributed by atoms with E-state index in [2.05, 4.69) is 25.3 Å². The van der Waals surface area contributed by atoms with Crippen molar-refractivity contribution >= 4 is 16.0 Å². The second-order valence-corrected chi connectivity index (χ2v) is 11.1. The molecule has 194 valence electrons. The number of aliphatic hydroxyl groups is 1. The van der Waals surface area contributed by atoms with Crippen molar-refractivity contribution < 1.29 is 26.7 Å². The molecule has 0 saturated carbocycles. The van der Waals surface area contributed by atoms with E-state index in [4.69, 9.17) is 0 Å². The Morgan fingerprint density at radius 3 is 2.47 bits per heavy atom. The lowest BCUT2D eigenvalue weighted by Crippen LogP contribution is -2.42. The van der Waals surface area contributed by atoms with Gasteiger partial charge in [0, 0.05) is 37.7 Å². The third-order valence-electron chi connectivity index (χ3n) is 5.57. The number of hydrogen-bond donors (Lipinski definition) is 2. The molecule has 0 atom stereocenters. The molecule has 1 aliphatic rings. The van der Waals surface area contributed by atoms with Gasteiger partial charge in [-0.2, -0.15) is 17.5 Å². The normalized spacial score (nSPS) is 16.3. The van der Waals surface area contributed by atoms with Crippen molar-refractivity contribution in [3.63, 3.8) is 0 Å². The number of nitrogens with zero attached hydrogens (tertiary/aromatic N) is 6. The first-order valence-corrected chi connectivity index (χ1v) is 12.6. The van der Waals surface area contributed by atoms with Crippen LogP contribution in [0.25, 0.3) is 11.4 Å². The number of imidazole rings is 1. The molecule has 1 aliphatic heterocycles. The van der Waals surface area contributed by atoms with Crippen molar-refractivity contribution in [1.29, 1.82) is 0 Å². The summed E-state index contributed by atoms with van der Waals surface area (Å²) >= 11 is 0. The van der Waals surface area contributed by atoms with Crippen molar-refractivity contribution in [2.45, 2.75) is 56.1 Å². The van der Waals surface area contributed by atoms with E-state index in [9.17, 15) is 26.7 Å². The zero-order valence-corrected chi connectivity index (χ0v) is 20.5. The van der Waals surface area contributed by atoms with E-state index >= 15 is 0 Å². The van der Waals surface area contributed by atoms with Crippen molar-refractivity contribution in [3.05, 3.63) is 48.7 Å². The SMILES string of the molecule is CC(C)(O)Cn1cnc(-c2nc(NC3CCN(S(=O)(=O)c4ccccn4)CC3)ncc2C(F)(F)F)c1. The van der Waals surface area contributed by atoms with Gasteiger partial charge in [0.25, 0.3) is 10.0 Å². The quantitative estimate of drug-likeness (QED) is 0.482. The summed E-state index contributed by atoms with van der Waals surface area (Å²) in [6.45, 7) is 3.72. The molecule has 1 saturated heterocycles. The smallest absolute Gasteiger partial charge is 0.389 e. The first-order chi connectivity index (χ1) is 16.8. The van der Waals surface area contributed by atoms with E-state index in [1.165, 1.54) is 33.7 Å². The standard InChI is InChI=1S/C22H26F3N7O3S/c1-21(2,33)13-31-12-17(28-14-31)19-16(22(23,24)25)11-27-20(30-19)29-15-6-9-32(10-7-15)36(34,35)18-5-3-4-8-26-18/h3-5,8,11-12,14-15,33H,6-7,9-10,13H2,1-2H3,(H,27,29,30). The van der Waals surface area contributed by atoms with E-state index in [1.54, 1.807) is 26.0 Å². The van der Waals surface area contributed by atoms with E-state index in [1.807, 2.05) is 0 Å². The van der Waals surface area contributed by atoms with E-state index < -0.39 is 27.4 Å². The molecule has 0 aliphatic carbocycles. The number of hydrogen-bond acceptors (Lipinski definition) is 8. The molecule has 4 rings (SSSR count). The summed E-state index contributed by atoms with van der Waals surface area (Å²) in [5.41, 5.74) is -2.50. The lowest BCUT2D eigenvalue weighted by atomic mass is 10.1. The average Bonchev–Trinajstić information content (AvgIpc) is 3.26. The van der Waals surface area contributed by atoms with E-state index in [-0.39, 0.29) is 48.0 Å². The molecule has 10 nitrogen and oxygen atoms in total. The van der Waals surface area contributed by atoms with Crippen molar-refractivity contribution in [2.75, 3.05) is 18.4 Å². The zero-order chi connectivity index (χ0) is 26.1. The fourth-order valence-electron chi connectivity index (χ4n) is 3.92. The van der Waals surface area contributed by atoms with Crippen molar-refractivity contribution in [3.8, 4) is 11.4 Å². The topological polar surface area (TPSA) is 126 Å². The van der Waals surface area contributed by atoms with Crippen LogP contribution in [0.2, 0.25) is 0 Å². The highest BCUT2D eigenvalue weighted by molar-refractivity contribution is 7.89. The number of piperidine rings is 1. The predicted molar refractivity (Wildman–Crippen MR) is 124 cm³/mol. The largest absolute Gasteiger partial charge is 0.420 e. The Hall–Kier alpha value is -3.10. The van der Waals surface area contributed by atoms with Crippen LogP contribution in [0.3, 0.4) is 0 Å². The molecule has 1 fully saturated rings. The molecular formula is C22H26F3N7O3S. The van der Waals surface area contributed by atoms with Crippen LogP contribution in [0.4, 0.5) is 19.1 Å². The van der Waals surface area contributed by atoms with Crippen LogP contribution in [0.15, 0.2) is 48.1 Å². The fourth-order valence-corrected chi connectivity index (χ4v) is 5.33. The lowest BCUT2D eigenvalue weighted by molar-refractivity contribution is -0.137. The minimum absolute atomic E-state index is 0.00620. The van der Waals surface area contributed by atoms with Gasteiger partial charge in [-0.3, -0.25) is 0 Å². The summed E-state index contributed by atoms with van der Waals surface area (Å²) in [6.07, 6.45) is 0.965. The lowest BCUT2D eigenvalue weighted by Gasteiger charge is -2.31. The maximum absolute atomic E-state index is 13.7. The van der Waals surface area contributed by atoms with Crippen LogP contribution in [0, 0.1) is 0 Å². The fraction of sp³-hybridized carbons (Fsp3) is 0.455. The van der Waals surface area contributed by atoms with Gasteiger partial charge in [-0.15, -0.1) is 0 Å². The van der Waals surface area contributed by atoms with Gasteiger partial charge in [0.1, 0.15) is 17.0 Å². The molecule has 0 bridgehead atoms. The summed E-state index contributed by atoms with van der Waals surface area (Å²) in [5, 5.41) is 13.0. The number of aromatic nitrogens is 5. The molecule has 0 aromatic carbocycles. The molecule has 0 radical (unpaired) electrons. The molecule has 4 heterocycles. The zero-order valence-electron chi connectivity index (χ0n) is 19.6. The van der Waals surface area contributed by atoms with Gasteiger partial charge in [0.05, 0.1) is 18.5 Å². The number of halogens is 3. The van der Waals surface area contributed by atoms with Crippen molar-refractivity contribution in [1.82, 2.24) is 28.8 Å². The van der Waals surface area contributed by atoms with Crippen LogP contribution in [-0.4, -0.2) is 67.1 Å². The predicted octanol–water partition coefficient (Wildman–Crippen LogP) is 2.79. The van der Waals surface area contributed by atoms with Gasteiger partial charge in [0.2, 0.25) is 5.95 Å². The highest BCUT2D eigenvalue weighted by Crippen LogP contribution is 2.35. The third kappa shape index (κ3) is 5.99. The first-order valence-electron chi connectivity index (χ1n) is 11.2. The molecular weight excluding hydrogens is 499 g/mol. The highest BCUT2D eigenvalue weighted by atomic mass is 32.2. The Balaban J connectivity index is 1.50. The molecule has 0 amide bonds. The molecule has 3 aromatic heterocycles. The molecule has 36 heavy (non-hydrogen) atoms. The summed E-state index contributed by atoms with van der Waals surface area (Å²) < 4.78 is 69.3. The second kappa shape index (κ2) is 9.75. The number of sulfonamides is 1. The van der Waals surface area contributed by atoms with Gasteiger partial charge < -0.3 is 15.0 Å². The van der Waals surface area contributed by atoms with Gasteiger partial charge in [-0.05, 0) is 38.8 Å². The maximum Gasteiger partial charge on any atom is 0.420 e. The molecule has 0 spiro atoms. The Morgan fingerprint density at radius 1 is 1.14 bits per heavy atom. The molecule has 2 N–H and O–H groups in total. The molecule has 3 aromatic rings. The van der Waals surface area contributed by atoms with Crippen LogP contribution < -0.4 is 5.32 Å². The summed E-state index contributed by atoms with van der Waals surface area (Å²) in [5.74, 6) is -0.0129. The van der Waals surface area contributed by atoms with Gasteiger partial charge >= 0.3 is 6.18 Å². The van der Waals surface area contributed by atoms with Crippen molar-refractivity contribution in [2.24, 2.45) is 0 Å². The molecule has 14 heteroatoms. The van der Waals surface area contributed by atoms with Gasteiger partial charge in [-0.1, -0.05) is 6.07 Å². The summed E-state index contributed by atoms with van der Waals surface area (Å²) in [7, 11) is -3.72. The van der Waals surface area contributed by atoms with Crippen LogP contribution >= 0.6 is 0 Å². The van der Waals surface area contributed by atoms with Gasteiger partial charge in [-0.25, -0.2) is 28.4 Å². The Kier molecular flexibility index (Phi) is 7.03. The monoisotopic (exact) mass is 525 g/mol. The number of nitrogens with one attached hydrogen (secondary N) is 1. The maximum atomic E-state index is 13.7. The van der Waals surface area contributed by atoms with Crippen LogP contribution in [0.1, 0.15) is 32.3 Å². The number of anilines is 1. The van der Waals surface area contributed by atoms with Gasteiger partial charge in [0.15, 0.2) is 5.03 Å². The minimum Gasteiger partial charge on any atom is -0.389 e. The number of alkyl halides is 3. The Labute approximate surface area is 206 Å². The summed E-state index contributed by atoms with van der Waals surface area (Å²) in [6, 6.07) is 4.42.